The maximum atomic E-state index is 11.5. The minimum Gasteiger partial charge on any atom is -0.391 e. The molecule has 15 heavy (non-hydrogen) atoms. The van der Waals surface area contributed by atoms with E-state index in [-0.39, 0.29) is 18.4 Å². The van der Waals surface area contributed by atoms with Gasteiger partial charge in [0.2, 0.25) is 5.91 Å². The normalized spacial score (nSPS) is 23.5. The van der Waals surface area contributed by atoms with Gasteiger partial charge in [0.05, 0.1) is 12.5 Å². The Morgan fingerprint density at radius 2 is 2.53 bits per heavy atom. The molecular weight excluding hydrogens is 210 g/mol. The second kappa shape index (κ2) is 4.33. The number of aliphatic hydroxyl groups excluding tert-OH is 1. The molecule has 1 amide bonds. The summed E-state index contributed by atoms with van der Waals surface area (Å²) in [6.45, 7) is 2.53. The first kappa shape index (κ1) is 10.6. The summed E-state index contributed by atoms with van der Waals surface area (Å²) < 4.78 is 0. The third-order valence-electron chi connectivity index (χ3n) is 2.78. The zero-order valence-electron chi connectivity index (χ0n) is 8.72. The van der Waals surface area contributed by atoms with Crippen LogP contribution in [-0.4, -0.2) is 34.6 Å². The van der Waals surface area contributed by atoms with E-state index in [1.54, 1.807) is 16.2 Å². The second-order valence-corrected chi connectivity index (χ2v) is 4.87. The highest BCUT2D eigenvalue weighted by Gasteiger charge is 2.31. The van der Waals surface area contributed by atoms with Gasteiger partial charge in [-0.1, -0.05) is 0 Å². The molecule has 0 aliphatic carbocycles. The summed E-state index contributed by atoms with van der Waals surface area (Å²) in [5.41, 5.74) is 1.27. The molecule has 1 aromatic heterocycles. The van der Waals surface area contributed by atoms with Gasteiger partial charge in [-0.05, 0) is 35.7 Å². The third kappa shape index (κ3) is 2.38. The molecule has 1 aliphatic heterocycles. The predicted octanol–water partition coefficient (Wildman–Crippen LogP) is 1.27. The van der Waals surface area contributed by atoms with Crippen LogP contribution in [0.3, 0.4) is 0 Å². The molecule has 1 aliphatic rings. The van der Waals surface area contributed by atoms with Crippen LogP contribution in [0.15, 0.2) is 16.8 Å². The van der Waals surface area contributed by atoms with Gasteiger partial charge in [0, 0.05) is 12.6 Å². The molecule has 0 saturated carbocycles. The Morgan fingerprint density at radius 3 is 3.07 bits per heavy atom. The lowest BCUT2D eigenvalue weighted by Crippen LogP contribution is -2.36. The number of carbonyl (C=O) groups is 1. The van der Waals surface area contributed by atoms with Crippen LogP contribution in [0.5, 0.6) is 0 Å². The summed E-state index contributed by atoms with van der Waals surface area (Å²) in [5, 5.41) is 13.5. The number of hydrogen-bond acceptors (Lipinski definition) is 3. The van der Waals surface area contributed by atoms with Crippen molar-refractivity contribution in [1.29, 1.82) is 0 Å². The maximum Gasteiger partial charge on any atom is 0.225 e. The molecule has 0 aromatic carbocycles. The molecule has 2 unspecified atom stereocenters. The van der Waals surface area contributed by atoms with Crippen LogP contribution in [0.2, 0.25) is 0 Å². The fourth-order valence-electron chi connectivity index (χ4n) is 2.00. The predicted molar refractivity (Wildman–Crippen MR) is 59.8 cm³/mol. The largest absolute Gasteiger partial charge is 0.391 e. The standard InChI is InChI=1S/C11H15NO2S/c1-8(4-9-2-3-15-7-9)12-6-10(13)5-11(12)14/h2-3,7-8,10,13H,4-6H2,1H3. The number of hydrogen-bond donors (Lipinski definition) is 1. The van der Waals surface area contributed by atoms with Crippen molar-refractivity contribution in [2.45, 2.75) is 31.9 Å². The highest BCUT2D eigenvalue weighted by atomic mass is 32.1. The van der Waals surface area contributed by atoms with Gasteiger partial charge < -0.3 is 10.0 Å². The monoisotopic (exact) mass is 225 g/mol. The van der Waals surface area contributed by atoms with Gasteiger partial charge in [0.25, 0.3) is 0 Å². The van der Waals surface area contributed by atoms with Gasteiger partial charge >= 0.3 is 0 Å². The van der Waals surface area contributed by atoms with E-state index in [0.717, 1.165) is 6.42 Å². The summed E-state index contributed by atoms with van der Waals surface area (Å²) in [6, 6.07) is 2.27. The first-order valence-corrected chi connectivity index (χ1v) is 6.09. The van der Waals surface area contributed by atoms with E-state index in [9.17, 15) is 9.90 Å². The zero-order chi connectivity index (χ0) is 10.8. The Balaban J connectivity index is 1.96. The van der Waals surface area contributed by atoms with Crippen LogP contribution in [0.25, 0.3) is 0 Å². The molecule has 2 rings (SSSR count). The number of carbonyl (C=O) groups excluding carboxylic acids is 1. The molecule has 82 valence electrons. The summed E-state index contributed by atoms with van der Waals surface area (Å²) in [7, 11) is 0. The quantitative estimate of drug-likeness (QED) is 0.841. The Bertz CT molecular complexity index is 336. The number of nitrogens with zero attached hydrogens (tertiary/aromatic N) is 1. The molecule has 1 N–H and O–H groups in total. The lowest BCUT2D eigenvalue weighted by molar-refractivity contribution is -0.129. The Kier molecular flexibility index (Phi) is 3.07. The van der Waals surface area contributed by atoms with Gasteiger partial charge in [-0.2, -0.15) is 11.3 Å². The van der Waals surface area contributed by atoms with E-state index < -0.39 is 6.10 Å². The number of rotatable bonds is 3. The van der Waals surface area contributed by atoms with E-state index in [1.165, 1.54) is 5.56 Å². The highest BCUT2D eigenvalue weighted by Crippen LogP contribution is 2.18. The zero-order valence-corrected chi connectivity index (χ0v) is 9.54. The van der Waals surface area contributed by atoms with Gasteiger partial charge in [0.15, 0.2) is 0 Å². The fourth-order valence-corrected chi connectivity index (χ4v) is 2.68. The van der Waals surface area contributed by atoms with Crippen LogP contribution < -0.4 is 0 Å². The second-order valence-electron chi connectivity index (χ2n) is 4.09. The highest BCUT2D eigenvalue weighted by molar-refractivity contribution is 7.07. The van der Waals surface area contributed by atoms with Gasteiger partial charge in [-0.15, -0.1) is 0 Å². The fraction of sp³-hybridized carbons (Fsp3) is 0.545. The van der Waals surface area contributed by atoms with Gasteiger partial charge in [-0.25, -0.2) is 0 Å². The van der Waals surface area contributed by atoms with Crippen LogP contribution in [0.1, 0.15) is 18.9 Å². The Labute approximate surface area is 93.3 Å². The van der Waals surface area contributed by atoms with Crippen molar-refractivity contribution < 1.29 is 9.90 Å². The van der Waals surface area contributed by atoms with Crippen molar-refractivity contribution in [2.75, 3.05) is 6.54 Å². The molecular formula is C11H15NO2S. The van der Waals surface area contributed by atoms with Crippen molar-refractivity contribution in [1.82, 2.24) is 4.90 Å². The summed E-state index contributed by atoms with van der Waals surface area (Å²) in [4.78, 5) is 13.3. The molecule has 1 aromatic rings. The van der Waals surface area contributed by atoms with E-state index >= 15 is 0 Å². The number of aliphatic hydroxyl groups is 1. The average molecular weight is 225 g/mol. The van der Waals surface area contributed by atoms with Crippen molar-refractivity contribution in [2.24, 2.45) is 0 Å². The minimum absolute atomic E-state index is 0.0743. The van der Waals surface area contributed by atoms with Gasteiger partial charge in [-0.3, -0.25) is 4.79 Å². The number of β-amino-alcohol motifs (C(OH)–C–C–N with tert-alkyl or cyclic N) is 1. The summed E-state index contributed by atoms with van der Waals surface area (Å²) >= 11 is 1.67. The lowest BCUT2D eigenvalue weighted by atomic mass is 10.1. The van der Waals surface area contributed by atoms with Crippen molar-refractivity contribution in [3.8, 4) is 0 Å². The van der Waals surface area contributed by atoms with Crippen molar-refractivity contribution in [3.63, 3.8) is 0 Å². The number of likely N-dealkylation sites (tertiary alicyclic amines) is 1. The molecule has 0 bridgehead atoms. The van der Waals surface area contributed by atoms with E-state index in [2.05, 4.69) is 11.4 Å². The molecule has 4 heteroatoms. The average Bonchev–Trinajstić information content (AvgIpc) is 2.75. The van der Waals surface area contributed by atoms with Crippen molar-refractivity contribution in [3.05, 3.63) is 22.4 Å². The topological polar surface area (TPSA) is 40.5 Å². The Hall–Kier alpha value is -0.870. The number of amides is 1. The van der Waals surface area contributed by atoms with E-state index in [4.69, 9.17) is 0 Å². The van der Waals surface area contributed by atoms with Crippen LogP contribution >= 0.6 is 11.3 Å². The first-order valence-electron chi connectivity index (χ1n) is 5.15. The Morgan fingerprint density at radius 1 is 1.73 bits per heavy atom. The summed E-state index contributed by atoms with van der Waals surface area (Å²) in [6.07, 6.45) is 0.693. The summed E-state index contributed by atoms with van der Waals surface area (Å²) in [5.74, 6) is 0.0743. The van der Waals surface area contributed by atoms with Gasteiger partial charge in [0.1, 0.15) is 0 Å². The maximum absolute atomic E-state index is 11.5. The molecule has 3 nitrogen and oxygen atoms in total. The molecule has 2 atom stereocenters. The van der Waals surface area contributed by atoms with Crippen LogP contribution in [-0.2, 0) is 11.2 Å². The first-order chi connectivity index (χ1) is 7.16. The minimum atomic E-state index is -0.470. The lowest BCUT2D eigenvalue weighted by Gasteiger charge is -2.23. The third-order valence-corrected chi connectivity index (χ3v) is 3.51. The van der Waals surface area contributed by atoms with Crippen molar-refractivity contribution >= 4 is 17.2 Å². The molecule has 2 heterocycles. The van der Waals surface area contributed by atoms with Crippen LogP contribution in [0.4, 0.5) is 0 Å². The van der Waals surface area contributed by atoms with E-state index in [0.29, 0.717) is 6.54 Å². The van der Waals surface area contributed by atoms with Crippen LogP contribution in [0, 0.1) is 0 Å². The number of thiophene rings is 1. The van der Waals surface area contributed by atoms with E-state index in [1.807, 2.05) is 12.3 Å². The SMILES string of the molecule is CC(Cc1ccsc1)N1CC(O)CC1=O. The smallest absolute Gasteiger partial charge is 0.225 e. The molecule has 1 saturated heterocycles. The molecule has 1 fully saturated rings. The molecule has 0 radical (unpaired) electrons. The molecule has 0 spiro atoms.